The molecule has 1 unspecified atom stereocenters. The molecule has 1 fully saturated rings. The van der Waals surface area contributed by atoms with Gasteiger partial charge in [0.1, 0.15) is 0 Å². The second kappa shape index (κ2) is 10.3. The summed E-state index contributed by atoms with van der Waals surface area (Å²) >= 11 is 0. The zero-order valence-corrected chi connectivity index (χ0v) is 17.7. The minimum Gasteiger partial charge on any atom is -0.454 e. The smallest absolute Gasteiger partial charge is 0.231 e. The molecule has 0 aliphatic carbocycles. The van der Waals surface area contributed by atoms with Crippen LogP contribution in [-0.2, 0) is 17.8 Å². The molecule has 30 heavy (non-hydrogen) atoms. The Hall–Kier alpha value is -2.73. The Kier molecular flexibility index (Phi) is 7.08. The molecule has 6 heteroatoms. The van der Waals surface area contributed by atoms with Crippen LogP contribution in [0.1, 0.15) is 24.5 Å². The number of nitrogens with zero attached hydrogens (tertiary/aromatic N) is 2. The molecule has 0 spiro atoms. The summed E-state index contributed by atoms with van der Waals surface area (Å²) in [6.07, 6.45) is 2.02. The summed E-state index contributed by atoms with van der Waals surface area (Å²) in [6.45, 7) is 7.53. The van der Waals surface area contributed by atoms with E-state index in [1.165, 1.54) is 11.1 Å². The molecule has 0 radical (unpaired) electrons. The van der Waals surface area contributed by atoms with Crippen LogP contribution in [0.4, 0.5) is 0 Å². The summed E-state index contributed by atoms with van der Waals surface area (Å²) in [5.41, 5.74) is 2.44. The van der Waals surface area contributed by atoms with Gasteiger partial charge in [-0.15, -0.1) is 0 Å². The maximum absolute atomic E-state index is 5.96. The molecule has 2 aromatic rings. The van der Waals surface area contributed by atoms with E-state index in [0.29, 0.717) is 19.3 Å². The highest BCUT2D eigenvalue weighted by molar-refractivity contribution is 5.80. The summed E-state index contributed by atoms with van der Waals surface area (Å²) in [4.78, 5) is 7.23. The Morgan fingerprint density at radius 3 is 2.87 bits per heavy atom. The number of benzene rings is 2. The molecule has 0 bridgehead atoms. The number of hydrogen-bond acceptors (Lipinski definition) is 4. The van der Waals surface area contributed by atoms with E-state index in [9.17, 15) is 0 Å². The van der Waals surface area contributed by atoms with Crippen molar-refractivity contribution in [3.05, 3.63) is 59.7 Å². The van der Waals surface area contributed by atoms with Gasteiger partial charge in [-0.3, -0.25) is 4.99 Å². The van der Waals surface area contributed by atoms with Gasteiger partial charge in [0.2, 0.25) is 6.79 Å². The van der Waals surface area contributed by atoms with Gasteiger partial charge in [-0.05, 0) is 43.0 Å². The fraction of sp³-hybridized carbons (Fsp3) is 0.458. The first kappa shape index (κ1) is 20.5. The van der Waals surface area contributed by atoms with Gasteiger partial charge in [-0.2, -0.15) is 0 Å². The van der Waals surface area contributed by atoms with E-state index < -0.39 is 0 Å². The highest BCUT2D eigenvalue weighted by Gasteiger charge is 2.25. The standard InChI is InChI=1S/C24H31N3O3/c1-2-25-24(26-12-10-19-8-9-22-23(14-19)30-18-29-22)27-13-11-21(15-27)17-28-16-20-6-4-3-5-7-20/h3-9,14,21H,2,10-13,15-18H2,1H3,(H,25,26). The summed E-state index contributed by atoms with van der Waals surface area (Å²) < 4.78 is 16.8. The molecule has 1 saturated heterocycles. The van der Waals surface area contributed by atoms with Gasteiger partial charge < -0.3 is 24.4 Å². The lowest BCUT2D eigenvalue weighted by molar-refractivity contribution is 0.0907. The van der Waals surface area contributed by atoms with Crippen LogP contribution in [-0.4, -0.2) is 50.4 Å². The third-order valence-electron chi connectivity index (χ3n) is 5.48. The maximum atomic E-state index is 5.96. The average Bonchev–Trinajstić information content (AvgIpc) is 3.43. The van der Waals surface area contributed by atoms with Crippen LogP contribution >= 0.6 is 0 Å². The number of nitrogens with one attached hydrogen (secondary N) is 1. The number of ether oxygens (including phenoxy) is 3. The second-order valence-corrected chi connectivity index (χ2v) is 7.77. The van der Waals surface area contributed by atoms with Crippen LogP contribution in [0.2, 0.25) is 0 Å². The van der Waals surface area contributed by atoms with E-state index in [-0.39, 0.29) is 0 Å². The van der Waals surface area contributed by atoms with Crippen LogP contribution in [0.3, 0.4) is 0 Å². The molecule has 2 heterocycles. The number of aliphatic imine (C=N–C) groups is 1. The third kappa shape index (κ3) is 5.45. The second-order valence-electron chi connectivity index (χ2n) is 7.77. The van der Waals surface area contributed by atoms with E-state index in [4.69, 9.17) is 19.2 Å². The van der Waals surface area contributed by atoms with Gasteiger partial charge in [-0.1, -0.05) is 36.4 Å². The van der Waals surface area contributed by atoms with Crippen molar-refractivity contribution in [2.75, 3.05) is 39.6 Å². The molecule has 2 aliphatic rings. The minimum atomic E-state index is 0.312. The van der Waals surface area contributed by atoms with Crippen molar-refractivity contribution in [3.63, 3.8) is 0 Å². The Bertz CT molecular complexity index is 841. The molecular weight excluding hydrogens is 378 g/mol. The highest BCUT2D eigenvalue weighted by Crippen LogP contribution is 2.32. The number of hydrogen-bond donors (Lipinski definition) is 1. The molecule has 2 aliphatic heterocycles. The van der Waals surface area contributed by atoms with E-state index >= 15 is 0 Å². The molecule has 0 saturated carbocycles. The summed E-state index contributed by atoms with van der Waals surface area (Å²) in [6, 6.07) is 16.5. The predicted molar refractivity (Wildman–Crippen MR) is 118 cm³/mol. The topological polar surface area (TPSA) is 55.3 Å². The van der Waals surface area contributed by atoms with Crippen LogP contribution in [0.15, 0.2) is 53.5 Å². The lowest BCUT2D eigenvalue weighted by Gasteiger charge is -2.21. The predicted octanol–water partition coefficient (Wildman–Crippen LogP) is 3.46. The first-order valence-electron chi connectivity index (χ1n) is 10.9. The number of rotatable bonds is 8. The van der Waals surface area contributed by atoms with Crippen molar-refractivity contribution in [2.24, 2.45) is 10.9 Å². The Labute approximate surface area is 178 Å². The molecule has 0 amide bonds. The summed E-state index contributed by atoms with van der Waals surface area (Å²) in [7, 11) is 0. The fourth-order valence-corrected chi connectivity index (χ4v) is 3.89. The summed E-state index contributed by atoms with van der Waals surface area (Å²) in [5, 5.41) is 3.45. The molecule has 2 aromatic carbocycles. The van der Waals surface area contributed by atoms with E-state index in [1.807, 2.05) is 12.1 Å². The first-order valence-corrected chi connectivity index (χ1v) is 10.9. The molecule has 1 N–H and O–H groups in total. The highest BCUT2D eigenvalue weighted by atomic mass is 16.7. The minimum absolute atomic E-state index is 0.312. The van der Waals surface area contributed by atoms with Gasteiger partial charge in [0.05, 0.1) is 13.2 Å². The average molecular weight is 410 g/mol. The van der Waals surface area contributed by atoms with Crippen LogP contribution in [0.5, 0.6) is 11.5 Å². The van der Waals surface area contributed by atoms with E-state index in [1.54, 1.807) is 0 Å². The Balaban J connectivity index is 1.25. The van der Waals surface area contributed by atoms with Gasteiger partial charge in [0.25, 0.3) is 0 Å². The lowest BCUT2D eigenvalue weighted by Crippen LogP contribution is -2.40. The van der Waals surface area contributed by atoms with Crippen LogP contribution in [0.25, 0.3) is 0 Å². The number of guanidine groups is 1. The maximum Gasteiger partial charge on any atom is 0.231 e. The van der Waals surface area contributed by atoms with Crippen molar-refractivity contribution in [1.29, 1.82) is 0 Å². The van der Waals surface area contributed by atoms with Crippen LogP contribution in [0, 0.1) is 5.92 Å². The molecular formula is C24H31N3O3. The largest absolute Gasteiger partial charge is 0.454 e. The third-order valence-corrected chi connectivity index (χ3v) is 5.48. The van der Waals surface area contributed by atoms with Gasteiger partial charge in [-0.25, -0.2) is 0 Å². The molecule has 160 valence electrons. The van der Waals surface area contributed by atoms with Crippen LogP contribution < -0.4 is 14.8 Å². The molecule has 1 atom stereocenters. The van der Waals surface area contributed by atoms with Crippen molar-refractivity contribution in [2.45, 2.75) is 26.4 Å². The monoisotopic (exact) mass is 409 g/mol. The van der Waals surface area contributed by atoms with E-state index in [2.05, 4.69) is 53.5 Å². The zero-order valence-electron chi connectivity index (χ0n) is 17.7. The van der Waals surface area contributed by atoms with Crippen molar-refractivity contribution in [1.82, 2.24) is 10.2 Å². The molecule has 6 nitrogen and oxygen atoms in total. The quantitative estimate of drug-likeness (QED) is 0.535. The molecule has 4 rings (SSSR count). The zero-order chi connectivity index (χ0) is 20.6. The fourth-order valence-electron chi connectivity index (χ4n) is 3.89. The normalized spacial score (nSPS) is 18.1. The molecule has 0 aromatic heterocycles. The van der Waals surface area contributed by atoms with Gasteiger partial charge in [0, 0.05) is 32.1 Å². The van der Waals surface area contributed by atoms with Crippen molar-refractivity contribution >= 4 is 5.96 Å². The first-order chi connectivity index (χ1) is 14.8. The van der Waals surface area contributed by atoms with E-state index in [0.717, 1.165) is 63.1 Å². The van der Waals surface area contributed by atoms with Crippen molar-refractivity contribution in [3.8, 4) is 11.5 Å². The number of fused-ring (bicyclic) bond motifs is 1. The Morgan fingerprint density at radius 1 is 1.13 bits per heavy atom. The van der Waals surface area contributed by atoms with Gasteiger partial charge in [0.15, 0.2) is 17.5 Å². The Morgan fingerprint density at radius 2 is 2.00 bits per heavy atom. The summed E-state index contributed by atoms with van der Waals surface area (Å²) in [5.74, 6) is 3.21. The van der Waals surface area contributed by atoms with Gasteiger partial charge >= 0.3 is 0 Å². The van der Waals surface area contributed by atoms with Crippen molar-refractivity contribution < 1.29 is 14.2 Å². The number of likely N-dealkylation sites (tertiary alicyclic amines) is 1. The lowest BCUT2D eigenvalue weighted by atomic mass is 10.1. The SMILES string of the molecule is CCNC(=NCCc1ccc2c(c1)OCO2)N1CCC(COCc2ccccc2)C1.